The molecule has 0 saturated carbocycles. The molecule has 34 heavy (non-hydrogen) atoms. The maximum Gasteiger partial charge on any atom is 0.119 e. The van der Waals surface area contributed by atoms with Crippen LogP contribution in [0.1, 0.15) is 38.2 Å². The van der Waals surface area contributed by atoms with Crippen LogP contribution in [0.5, 0.6) is 5.75 Å². The summed E-state index contributed by atoms with van der Waals surface area (Å²) in [7, 11) is 0. The molecular weight excluding hydrogens is 426 g/mol. The highest BCUT2D eigenvalue weighted by molar-refractivity contribution is 5.27. The third-order valence-corrected chi connectivity index (χ3v) is 7.64. The molecule has 0 aliphatic carbocycles. The van der Waals surface area contributed by atoms with E-state index in [-0.39, 0.29) is 11.1 Å². The molecule has 4 atom stereocenters. The number of fused-ring (bicyclic) bond motifs is 5. The zero-order chi connectivity index (χ0) is 23.7. The molecule has 4 rings (SSSR count). The minimum atomic E-state index is -0.104. The largest absolute Gasteiger partial charge is 0.494 e. The van der Waals surface area contributed by atoms with E-state index in [0.717, 1.165) is 84.2 Å². The van der Waals surface area contributed by atoms with Crippen molar-refractivity contribution in [2.45, 2.75) is 56.3 Å². The third kappa shape index (κ3) is 7.37. The van der Waals surface area contributed by atoms with Gasteiger partial charge < -0.3 is 37.1 Å². The summed E-state index contributed by atoms with van der Waals surface area (Å²) in [5, 5.41) is 18.9. The van der Waals surface area contributed by atoms with E-state index in [9.17, 15) is 0 Å². The minimum absolute atomic E-state index is 0.0706. The van der Waals surface area contributed by atoms with Gasteiger partial charge in [0.1, 0.15) is 5.75 Å². The van der Waals surface area contributed by atoms with Gasteiger partial charge >= 0.3 is 0 Å². The van der Waals surface area contributed by atoms with Crippen molar-refractivity contribution in [3.05, 3.63) is 29.8 Å². The van der Waals surface area contributed by atoms with Gasteiger partial charge in [0.2, 0.25) is 0 Å². The molecule has 0 radical (unpaired) electrons. The Hall–Kier alpha value is -1.26. The maximum absolute atomic E-state index is 6.84. The molecule has 3 aliphatic rings. The number of nitrogens with zero attached hydrogens (tertiary/aromatic N) is 1. The van der Waals surface area contributed by atoms with Crippen LogP contribution in [0, 0.1) is 0 Å². The molecule has 3 saturated heterocycles. The average Bonchev–Trinajstić information content (AvgIpc) is 3.15. The number of hydrogen-bond acceptors (Lipinski definition) is 8. The van der Waals surface area contributed by atoms with Gasteiger partial charge in [-0.05, 0) is 50.4 Å². The van der Waals surface area contributed by atoms with Crippen molar-refractivity contribution < 1.29 is 4.74 Å². The molecule has 7 N–H and O–H groups in total. The van der Waals surface area contributed by atoms with Crippen molar-refractivity contribution in [1.82, 2.24) is 31.5 Å². The molecule has 3 bridgehead atoms. The molecule has 1 aromatic carbocycles. The Bertz CT molecular complexity index is 732. The fraction of sp³-hybridized carbons (Fsp3) is 0.769. The number of ether oxygens (including phenoxy) is 1. The van der Waals surface area contributed by atoms with Crippen LogP contribution >= 0.6 is 0 Å². The van der Waals surface area contributed by atoms with Crippen LogP contribution < -0.4 is 37.1 Å². The minimum Gasteiger partial charge on any atom is -0.494 e. The van der Waals surface area contributed by atoms with Crippen molar-refractivity contribution in [2.24, 2.45) is 5.73 Å². The molecule has 192 valence electrons. The van der Waals surface area contributed by atoms with Gasteiger partial charge in [0.05, 0.1) is 12.1 Å². The summed E-state index contributed by atoms with van der Waals surface area (Å²) >= 11 is 0. The Morgan fingerprint density at radius 1 is 0.971 bits per heavy atom. The first-order valence-electron chi connectivity index (χ1n) is 13.4. The van der Waals surface area contributed by atoms with E-state index in [1.165, 1.54) is 24.8 Å². The fourth-order valence-corrected chi connectivity index (χ4v) is 5.76. The molecule has 0 aromatic heterocycles. The van der Waals surface area contributed by atoms with Gasteiger partial charge in [-0.1, -0.05) is 18.6 Å². The van der Waals surface area contributed by atoms with Crippen molar-refractivity contribution in [3.8, 4) is 5.75 Å². The Balaban J connectivity index is 1.46. The average molecular weight is 474 g/mol. The Labute approximate surface area is 206 Å². The number of benzene rings is 1. The second-order valence-electron chi connectivity index (χ2n) is 10.6. The van der Waals surface area contributed by atoms with Crippen molar-refractivity contribution >= 4 is 0 Å². The smallest absolute Gasteiger partial charge is 0.119 e. The first kappa shape index (κ1) is 25.8. The predicted octanol–water partition coefficient (Wildman–Crippen LogP) is 0.241. The number of hydrogen-bond donors (Lipinski definition) is 6. The summed E-state index contributed by atoms with van der Waals surface area (Å²) in [4.78, 5) is 2.65. The quantitative estimate of drug-likeness (QED) is 0.362. The third-order valence-electron chi connectivity index (χ3n) is 7.64. The Morgan fingerprint density at radius 2 is 1.68 bits per heavy atom. The van der Waals surface area contributed by atoms with E-state index < -0.39 is 0 Å². The summed E-state index contributed by atoms with van der Waals surface area (Å²) in [6.45, 7) is 13.2. The lowest BCUT2D eigenvalue weighted by molar-refractivity contribution is 0.227. The molecule has 4 unspecified atom stereocenters. The van der Waals surface area contributed by atoms with E-state index >= 15 is 0 Å². The van der Waals surface area contributed by atoms with Gasteiger partial charge in [0, 0.05) is 77.0 Å². The van der Waals surface area contributed by atoms with Crippen LogP contribution in [-0.2, 0) is 6.54 Å². The van der Waals surface area contributed by atoms with Gasteiger partial charge in [-0.3, -0.25) is 4.90 Å². The summed E-state index contributed by atoms with van der Waals surface area (Å²) in [5.41, 5.74) is 7.95. The highest BCUT2D eigenvalue weighted by atomic mass is 16.5. The summed E-state index contributed by atoms with van der Waals surface area (Å²) < 4.78 is 5.61. The van der Waals surface area contributed by atoms with Crippen LogP contribution in [0.4, 0.5) is 0 Å². The van der Waals surface area contributed by atoms with Gasteiger partial charge in [-0.2, -0.15) is 0 Å². The number of nitrogens with two attached hydrogens (primary N) is 1. The van der Waals surface area contributed by atoms with Crippen LogP contribution in [-0.4, -0.2) is 94.1 Å². The van der Waals surface area contributed by atoms with Crippen molar-refractivity contribution in [1.29, 1.82) is 0 Å². The number of nitrogens with one attached hydrogen (secondary N) is 5. The van der Waals surface area contributed by atoms with Gasteiger partial charge in [0.15, 0.2) is 0 Å². The zero-order valence-electron chi connectivity index (χ0n) is 21.1. The zero-order valence-corrected chi connectivity index (χ0v) is 21.1. The van der Waals surface area contributed by atoms with Crippen LogP contribution in [0.15, 0.2) is 24.3 Å². The van der Waals surface area contributed by atoms with Crippen LogP contribution in [0.2, 0.25) is 0 Å². The van der Waals surface area contributed by atoms with Crippen LogP contribution in [0.25, 0.3) is 0 Å². The molecular formula is C26H47N7O. The van der Waals surface area contributed by atoms with Gasteiger partial charge in [0.25, 0.3) is 0 Å². The molecule has 0 amide bonds. The second-order valence-corrected chi connectivity index (χ2v) is 10.6. The van der Waals surface area contributed by atoms with Crippen molar-refractivity contribution in [2.75, 3.05) is 72.1 Å². The molecule has 3 fully saturated rings. The molecule has 3 aliphatic heterocycles. The normalized spacial score (nSPS) is 33.8. The van der Waals surface area contributed by atoms with Gasteiger partial charge in [-0.15, -0.1) is 0 Å². The maximum atomic E-state index is 6.84. The lowest BCUT2D eigenvalue weighted by Gasteiger charge is -2.37. The van der Waals surface area contributed by atoms with E-state index in [1.54, 1.807) is 0 Å². The molecule has 8 nitrogen and oxygen atoms in total. The summed E-state index contributed by atoms with van der Waals surface area (Å²) in [6, 6.07) is 9.09. The predicted molar refractivity (Wildman–Crippen MR) is 139 cm³/mol. The van der Waals surface area contributed by atoms with E-state index in [4.69, 9.17) is 10.5 Å². The molecule has 0 spiro atoms. The lowest BCUT2D eigenvalue weighted by Crippen LogP contribution is -2.64. The summed E-state index contributed by atoms with van der Waals surface area (Å²) in [5.74, 6) is 0.934. The molecule has 8 heteroatoms. The lowest BCUT2D eigenvalue weighted by atomic mass is 9.95. The van der Waals surface area contributed by atoms with E-state index in [0.29, 0.717) is 12.6 Å². The second kappa shape index (κ2) is 12.6. The Kier molecular flexibility index (Phi) is 9.59. The van der Waals surface area contributed by atoms with Gasteiger partial charge in [-0.25, -0.2) is 0 Å². The highest BCUT2D eigenvalue weighted by Crippen LogP contribution is 2.28. The van der Waals surface area contributed by atoms with E-state index in [2.05, 4.69) is 55.7 Å². The first-order valence-corrected chi connectivity index (χ1v) is 13.4. The van der Waals surface area contributed by atoms with E-state index in [1.807, 2.05) is 6.92 Å². The molecule has 3 heterocycles. The fourth-order valence-electron chi connectivity index (χ4n) is 5.76. The first-order chi connectivity index (χ1) is 16.6. The standard InChI is InChI=1S/C26H47N7O/c1-2-34-24-8-6-22(7-9-24)16-32-26-18-28-10-4-3-5-23-15-25(27,17-29-11-12-30-19-26)21-33(23)14-13-31-20-26/h6-9,23,28-32H,2-5,10-21,27H2,1H3. The van der Waals surface area contributed by atoms with Crippen molar-refractivity contribution in [3.63, 3.8) is 0 Å². The topological polar surface area (TPSA) is 98.6 Å². The Morgan fingerprint density at radius 3 is 2.44 bits per heavy atom. The highest BCUT2D eigenvalue weighted by Gasteiger charge is 2.40. The van der Waals surface area contributed by atoms with Crippen LogP contribution in [0.3, 0.4) is 0 Å². The number of rotatable bonds is 5. The monoisotopic (exact) mass is 473 g/mol. The molecule has 1 aromatic rings. The summed E-state index contributed by atoms with van der Waals surface area (Å²) in [6.07, 6.45) is 4.84. The SMILES string of the molecule is CCOc1ccc(CNC23CNCCCCC4CC(N)(CNCCNC2)CN4CCNC3)cc1.